The smallest absolute Gasteiger partial charge is 0.366 e. The number of primary amides is 1. The molecule has 1 aliphatic carbocycles. The fourth-order valence-electron chi connectivity index (χ4n) is 5.13. The Morgan fingerprint density at radius 2 is 1.77 bits per heavy atom. The Morgan fingerprint density at radius 3 is 2.43 bits per heavy atom. The highest BCUT2D eigenvalue weighted by atomic mass is 19.4. The maximum Gasteiger partial charge on any atom is 0.435 e. The quantitative estimate of drug-likeness (QED) is 0.173. The predicted octanol–water partition coefficient (Wildman–Crippen LogP) is 5.71. The zero-order chi connectivity index (χ0) is 32.0. The molecule has 1 heterocycles. The van der Waals surface area contributed by atoms with Gasteiger partial charge in [-0.05, 0) is 73.6 Å². The van der Waals surface area contributed by atoms with Gasteiger partial charge < -0.3 is 11.1 Å². The van der Waals surface area contributed by atoms with Crippen molar-refractivity contribution < 1.29 is 35.9 Å². The van der Waals surface area contributed by atoms with Crippen molar-refractivity contribution in [2.75, 3.05) is 0 Å². The first-order chi connectivity index (χ1) is 20.8. The summed E-state index contributed by atoms with van der Waals surface area (Å²) < 4.78 is 84.7. The van der Waals surface area contributed by atoms with Gasteiger partial charge in [0.05, 0.1) is 17.3 Å². The molecule has 1 aromatic heterocycles. The zero-order valence-electron chi connectivity index (χ0n) is 23.4. The highest BCUT2D eigenvalue weighted by Crippen LogP contribution is 2.35. The zero-order valence-corrected chi connectivity index (χ0v) is 23.4. The Hall–Kier alpha value is -4.68. The maximum absolute atomic E-state index is 14.1. The van der Waals surface area contributed by atoms with Gasteiger partial charge in [-0.25, -0.2) is 13.2 Å². The Labute approximate surface area is 249 Å². The van der Waals surface area contributed by atoms with E-state index in [2.05, 4.69) is 22.0 Å². The Kier molecular flexibility index (Phi) is 10.1. The number of amides is 2. The number of hydrogen-bond donors (Lipinski definition) is 2. The lowest BCUT2D eigenvalue weighted by atomic mass is 10.00. The lowest BCUT2D eigenvalue weighted by Crippen LogP contribution is -2.40. The van der Waals surface area contributed by atoms with E-state index in [4.69, 9.17) is 5.73 Å². The number of aliphatic imine (C=N–C) groups is 1. The molecule has 1 atom stereocenters. The van der Waals surface area contributed by atoms with Crippen LogP contribution in [0.15, 0.2) is 59.7 Å². The molecule has 0 aliphatic heterocycles. The summed E-state index contributed by atoms with van der Waals surface area (Å²) in [6.45, 7) is 3.00. The molecule has 0 radical (unpaired) electrons. The lowest BCUT2D eigenvalue weighted by molar-refractivity contribution is -0.142. The summed E-state index contributed by atoms with van der Waals surface area (Å²) in [5.41, 5.74) is 4.74. The second-order valence-corrected chi connectivity index (χ2v) is 10.3. The van der Waals surface area contributed by atoms with Gasteiger partial charge in [0, 0.05) is 23.5 Å². The van der Waals surface area contributed by atoms with Gasteiger partial charge in [0.1, 0.15) is 24.0 Å². The summed E-state index contributed by atoms with van der Waals surface area (Å²) in [7, 11) is 0. The van der Waals surface area contributed by atoms with Crippen LogP contribution in [-0.2, 0) is 36.8 Å². The molecule has 0 saturated carbocycles. The summed E-state index contributed by atoms with van der Waals surface area (Å²) in [5.74, 6) is -4.36. The summed E-state index contributed by atoms with van der Waals surface area (Å²) in [6, 6.07) is 5.20. The van der Waals surface area contributed by atoms with Crippen molar-refractivity contribution in [2.45, 2.75) is 57.3 Å². The largest absolute Gasteiger partial charge is 0.435 e. The van der Waals surface area contributed by atoms with Gasteiger partial charge in [-0.2, -0.15) is 18.3 Å². The third-order valence-electron chi connectivity index (χ3n) is 7.02. The van der Waals surface area contributed by atoms with Gasteiger partial charge >= 0.3 is 6.18 Å². The number of carbonyl (C=O) groups excluding carboxylic acids is 2. The molecule has 0 saturated heterocycles. The van der Waals surface area contributed by atoms with Crippen molar-refractivity contribution in [2.24, 2.45) is 10.7 Å². The number of allylic oxidation sites excluding steroid dienone is 1. The number of alkyl halides is 3. The van der Waals surface area contributed by atoms with Crippen LogP contribution in [0.4, 0.5) is 26.3 Å². The average Bonchev–Trinajstić information content (AvgIpc) is 3.10. The lowest BCUT2D eigenvalue weighted by Gasteiger charge is -2.21. The topological polar surface area (TPSA) is 102 Å². The van der Waals surface area contributed by atoms with E-state index in [1.165, 1.54) is 30.5 Å². The minimum absolute atomic E-state index is 0.0762. The summed E-state index contributed by atoms with van der Waals surface area (Å²) in [4.78, 5) is 29.4. The molecule has 2 amide bonds. The molecular formula is C31H29F6N5O2. The van der Waals surface area contributed by atoms with E-state index in [0.29, 0.717) is 31.0 Å². The molecule has 1 aliphatic rings. The number of halogens is 6. The van der Waals surface area contributed by atoms with Crippen molar-refractivity contribution in [1.29, 1.82) is 0 Å². The second kappa shape index (κ2) is 13.7. The van der Waals surface area contributed by atoms with Crippen LogP contribution in [0.3, 0.4) is 0 Å². The van der Waals surface area contributed by atoms with Gasteiger partial charge in [0.25, 0.3) is 5.91 Å². The molecule has 0 spiro atoms. The minimum atomic E-state index is -4.70. The van der Waals surface area contributed by atoms with Crippen LogP contribution in [0.1, 0.15) is 57.7 Å². The molecule has 7 nitrogen and oxygen atoms in total. The molecule has 13 heteroatoms. The average molecular weight is 618 g/mol. The third kappa shape index (κ3) is 8.03. The van der Waals surface area contributed by atoms with Crippen molar-refractivity contribution in [3.05, 3.63) is 106 Å². The van der Waals surface area contributed by atoms with Crippen molar-refractivity contribution >= 4 is 24.1 Å². The van der Waals surface area contributed by atoms with Crippen LogP contribution >= 0.6 is 0 Å². The van der Waals surface area contributed by atoms with E-state index in [0.717, 1.165) is 29.3 Å². The highest BCUT2D eigenvalue weighted by molar-refractivity contribution is 5.93. The molecule has 232 valence electrons. The SMILES string of the molecule is C=C/C=N\C(=C\c1ccc(F)c(C(N)=O)c1)[C@H](Cc1cc(F)cc(F)c1)NC(=O)Cn1nc(C(F)(F)F)c2c1CCCCC2. The number of hydrogen-bond acceptors (Lipinski definition) is 4. The first kappa shape index (κ1) is 32.2. The fraction of sp³-hybridized carbons (Fsp3) is 0.290. The second-order valence-electron chi connectivity index (χ2n) is 10.3. The molecule has 2 aromatic carbocycles. The van der Waals surface area contributed by atoms with Crippen LogP contribution in [0, 0.1) is 17.5 Å². The molecular weight excluding hydrogens is 588 g/mol. The molecule has 44 heavy (non-hydrogen) atoms. The summed E-state index contributed by atoms with van der Waals surface area (Å²) in [5, 5.41) is 6.44. The monoisotopic (exact) mass is 617 g/mol. The van der Waals surface area contributed by atoms with Gasteiger partial charge in [-0.1, -0.05) is 25.1 Å². The molecule has 0 fully saturated rings. The first-order valence-electron chi connectivity index (χ1n) is 13.7. The van der Waals surface area contributed by atoms with E-state index in [1.54, 1.807) is 0 Å². The van der Waals surface area contributed by atoms with Crippen LogP contribution in [0.25, 0.3) is 6.08 Å². The number of carbonyl (C=O) groups is 2. The van der Waals surface area contributed by atoms with Crippen molar-refractivity contribution in [3.8, 4) is 0 Å². The maximum atomic E-state index is 14.1. The Bertz CT molecular complexity index is 1610. The van der Waals surface area contributed by atoms with Gasteiger partial charge in [0.15, 0.2) is 5.69 Å². The van der Waals surface area contributed by atoms with E-state index in [9.17, 15) is 35.9 Å². The molecule has 3 N–H and O–H groups in total. The Balaban J connectivity index is 1.74. The fourth-order valence-corrected chi connectivity index (χ4v) is 5.13. The van der Waals surface area contributed by atoms with E-state index < -0.39 is 59.3 Å². The van der Waals surface area contributed by atoms with Crippen molar-refractivity contribution in [3.63, 3.8) is 0 Å². The van der Waals surface area contributed by atoms with E-state index in [-0.39, 0.29) is 35.2 Å². The normalized spacial score (nSPS) is 14.6. The van der Waals surface area contributed by atoms with Crippen LogP contribution in [0.5, 0.6) is 0 Å². The summed E-state index contributed by atoms with van der Waals surface area (Å²) in [6.07, 6.45) is 1.55. The number of nitrogens with one attached hydrogen (secondary N) is 1. The highest BCUT2D eigenvalue weighted by Gasteiger charge is 2.39. The molecule has 3 aromatic rings. The number of rotatable bonds is 10. The molecule has 4 rings (SSSR count). The van der Waals surface area contributed by atoms with Gasteiger partial charge in [-0.3, -0.25) is 19.3 Å². The number of fused-ring (bicyclic) bond motifs is 1. The van der Waals surface area contributed by atoms with Gasteiger partial charge in [-0.15, -0.1) is 0 Å². The van der Waals surface area contributed by atoms with Gasteiger partial charge in [0.2, 0.25) is 5.91 Å². The van der Waals surface area contributed by atoms with Crippen LogP contribution in [-0.4, -0.2) is 33.9 Å². The molecule has 0 unspecified atom stereocenters. The van der Waals surface area contributed by atoms with Crippen molar-refractivity contribution in [1.82, 2.24) is 15.1 Å². The molecule has 0 bridgehead atoms. The standard InChI is InChI=1S/C31H29F6N5O2/c1-2-10-39-25(14-18-8-9-24(34)23(13-18)30(38)44)26(15-19-11-20(32)16-21(33)12-19)40-28(43)17-42-27-7-5-3-4-6-22(27)29(41-42)31(35,36)37/h2,8-14,16,26H,1,3-7,15,17H2,(H2,38,44)(H,40,43)/b25-14+,39-10-/t26-/m0/s1. The minimum Gasteiger partial charge on any atom is -0.366 e. The third-order valence-corrected chi connectivity index (χ3v) is 7.02. The number of benzene rings is 2. The number of nitrogens with zero attached hydrogens (tertiary/aromatic N) is 3. The van der Waals surface area contributed by atoms with Crippen LogP contribution in [0.2, 0.25) is 0 Å². The number of nitrogens with two attached hydrogens (primary N) is 1. The van der Waals surface area contributed by atoms with Crippen LogP contribution < -0.4 is 11.1 Å². The van der Waals surface area contributed by atoms with E-state index in [1.807, 2.05) is 0 Å². The first-order valence-corrected chi connectivity index (χ1v) is 13.7. The Morgan fingerprint density at radius 1 is 1.07 bits per heavy atom. The number of aromatic nitrogens is 2. The predicted molar refractivity (Wildman–Crippen MR) is 152 cm³/mol. The van der Waals surface area contributed by atoms with E-state index >= 15 is 0 Å². The summed E-state index contributed by atoms with van der Waals surface area (Å²) >= 11 is 0.